The molecule has 3 unspecified atom stereocenters. The maximum atomic E-state index is 12.0. The molecule has 24 heavy (non-hydrogen) atoms. The van der Waals surface area contributed by atoms with E-state index in [0.29, 0.717) is 0 Å². The van der Waals surface area contributed by atoms with Gasteiger partial charge in [0.2, 0.25) is 5.60 Å². The number of rotatable bonds is 8. The lowest BCUT2D eigenvalue weighted by atomic mass is 9.93. The molecule has 3 atom stereocenters. The summed E-state index contributed by atoms with van der Waals surface area (Å²) in [5.41, 5.74) is -2.66. The summed E-state index contributed by atoms with van der Waals surface area (Å²) in [6, 6.07) is 0. The summed E-state index contributed by atoms with van der Waals surface area (Å²) < 4.78 is 4.64. The summed E-state index contributed by atoms with van der Waals surface area (Å²) in [5, 5.41) is 18.7. The van der Waals surface area contributed by atoms with Crippen molar-refractivity contribution in [2.24, 2.45) is 0 Å². The van der Waals surface area contributed by atoms with Crippen molar-refractivity contribution < 1.29 is 58.5 Å². The zero-order valence-electron chi connectivity index (χ0n) is 12.9. The van der Waals surface area contributed by atoms with Crippen molar-refractivity contribution in [3.8, 4) is 0 Å². The quantitative estimate of drug-likeness (QED) is 0.215. The van der Waals surface area contributed by atoms with Gasteiger partial charge in [0.25, 0.3) is 0 Å². The first-order valence-electron chi connectivity index (χ1n) is 6.35. The van der Waals surface area contributed by atoms with Crippen molar-refractivity contribution in [3.05, 3.63) is 0 Å². The van der Waals surface area contributed by atoms with Crippen LogP contribution in [0.3, 0.4) is 0 Å². The highest BCUT2D eigenvalue weighted by Gasteiger charge is 2.52. The zero-order valence-corrected chi connectivity index (χ0v) is 12.9. The molecule has 0 saturated carbocycles. The Labute approximate surface area is 135 Å². The molecule has 0 bridgehead atoms. The van der Waals surface area contributed by atoms with Crippen LogP contribution in [-0.4, -0.2) is 58.4 Å². The maximum Gasteiger partial charge on any atom is 0.402 e. The Morgan fingerprint density at radius 3 is 2.08 bits per heavy atom. The van der Waals surface area contributed by atoms with Gasteiger partial charge in [-0.25, -0.2) is 29.0 Å². The second-order valence-electron chi connectivity index (χ2n) is 4.43. The minimum atomic E-state index is -2.66. The van der Waals surface area contributed by atoms with Crippen molar-refractivity contribution in [2.75, 3.05) is 0 Å². The molecule has 0 heterocycles. The molecule has 12 nitrogen and oxygen atoms in total. The van der Waals surface area contributed by atoms with Gasteiger partial charge in [-0.15, -0.1) is 0 Å². The first-order valence-corrected chi connectivity index (χ1v) is 6.35. The van der Waals surface area contributed by atoms with Gasteiger partial charge in [0, 0.05) is 6.92 Å². The van der Waals surface area contributed by atoms with E-state index < -0.39 is 48.1 Å². The van der Waals surface area contributed by atoms with Crippen LogP contribution in [0.15, 0.2) is 0 Å². The lowest BCUT2D eigenvalue weighted by Crippen LogP contribution is -2.54. The average molecular weight is 352 g/mol. The van der Waals surface area contributed by atoms with Gasteiger partial charge in [-0.3, -0.25) is 14.5 Å². The summed E-state index contributed by atoms with van der Waals surface area (Å²) in [6.07, 6.45) is -4.61. The predicted octanol–water partition coefficient (Wildman–Crippen LogP) is -1.93. The molecule has 136 valence electrons. The van der Waals surface area contributed by atoms with E-state index in [4.69, 9.17) is 5.11 Å². The average Bonchev–Trinajstić information content (AvgIpc) is 2.48. The fraction of sp³-hybridized carbons (Fsp3) is 0.583. The van der Waals surface area contributed by atoms with Gasteiger partial charge in [0.1, 0.15) is 12.5 Å². The van der Waals surface area contributed by atoms with E-state index in [0.717, 1.165) is 20.8 Å². The molecule has 0 spiro atoms. The van der Waals surface area contributed by atoms with Crippen LogP contribution in [0.2, 0.25) is 0 Å². The van der Waals surface area contributed by atoms with E-state index in [9.17, 15) is 29.1 Å². The Hall–Kier alpha value is -2.73. The van der Waals surface area contributed by atoms with Crippen LogP contribution in [0, 0.1) is 0 Å². The normalized spacial score (nSPS) is 15.0. The summed E-state index contributed by atoms with van der Waals surface area (Å²) >= 11 is 0. The molecule has 0 fully saturated rings. The van der Waals surface area contributed by atoms with E-state index in [-0.39, 0.29) is 6.47 Å². The maximum absolute atomic E-state index is 12.0. The van der Waals surface area contributed by atoms with Crippen molar-refractivity contribution in [1.29, 1.82) is 0 Å². The first-order chi connectivity index (χ1) is 11.1. The lowest BCUT2D eigenvalue weighted by Gasteiger charge is -2.30. The number of aliphatic hydroxyl groups is 2. The molecular formula is C12H16O12. The Morgan fingerprint density at radius 1 is 1.08 bits per heavy atom. The molecule has 0 aromatic rings. The van der Waals surface area contributed by atoms with Crippen molar-refractivity contribution in [3.63, 3.8) is 0 Å². The van der Waals surface area contributed by atoms with Gasteiger partial charge in [-0.1, -0.05) is 0 Å². The minimum Gasteiger partial charge on any atom is -0.444 e. The minimum absolute atomic E-state index is 0.240. The SMILES string of the molecule is CC(=O)OC(CC(=O)OOC=O)(C(=O)OOC(=O)C(C)O)C(C)O. The molecule has 0 aliphatic carbocycles. The Balaban J connectivity index is 5.37. The van der Waals surface area contributed by atoms with Crippen LogP contribution in [0.4, 0.5) is 0 Å². The molecule has 0 amide bonds. The molecule has 2 N–H and O–H groups in total. The predicted molar refractivity (Wildman–Crippen MR) is 67.9 cm³/mol. The molecule has 0 aromatic heterocycles. The second kappa shape index (κ2) is 9.42. The molecule has 0 saturated heterocycles. The number of hydrogen-bond donors (Lipinski definition) is 2. The highest BCUT2D eigenvalue weighted by molar-refractivity contribution is 5.89. The van der Waals surface area contributed by atoms with E-state index in [1.807, 2.05) is 0 Å². The lowest BCUT2D eigenvalue weighted by molar-refractivity contribution is -0.283. The Bertz CT molecular complexity index is 496. The smallest absolute Gasteiger partial charge is 0.402 e. The highest BCUT2D eigenvalue weighted by Crippen LogP contribution is 2.25. The topological polar surface area (TPSA) is 172 Å². The molecule has 0 radical (unpaired) electrons. The van der Waals surface area contributed by atoms with Gasteiger partial charge >= 0.3 is 30.3 Å². The van der Waals surface area contributed by atoms with Crippen molar-refractivity contribution >= 4 is 30.3 Å². The fourth-order valence-electron chi connectivity index (χ4n) is 1.35. The fourth-order valence-corrected chi connectivity index (χ4v) is 1.35. The van der Waals surface area contributed by atoms with Crippen LogP contribution in [0.5, 0.6) is 0 Å². The van der Waals surface area contributed by atoms with E-state index in [1.54, 1.807) is 0 Å². The third-order valence-corrected chi connectivity index (χ3v) is 2.47. The summed E-state index contributed by atoms with van der Waals surface area (Å²) in [4.78, 5) is 71.4. The number of aliphatic hydroxyl groups excluding tert-OH is 2. The molecule has 0 rings (SSSR count). The molecule has 12 heteroatoms. The van der Waals surface area contributed by atoms with Gasteiger partial charge in [-0.05, 0) is 13.8 Å². The number of esters is 1. The van der Waals surface area contributed by atoms with E-state index >= 15 is 0 Å². The molecule has 0 aliphatic heterocycles. The van der Waals surface area contributed by atoms with Gasteiger partial charge in [0.15, 0.2) is 6.10 Å². The van der Waals surface area contributed by atoms with Crippen LogP contribution in [-0.2, 0) is 48.3 Å². The number of carbonyl (C=O) groups is 5. The van der Waals surface area contributed by atoms with Crippen LogP contribution < -0.4 is 0 Å². The van der Waals surface area contributed by atoms with Crippen LogP contribution in [0.1, 0.15) is 27.2 Å². The summed E-state index contributed by atoms with van der Waals surface area (Å²) in [6.45, 7) is 2.60. The van der Waals surface area contributed by atoms with Gasteiger partial charge < -0.3 is 14.9 Å². The molecule has 0 aromatic carbocycles. The number of ether oxygens (including phenoxy) is 1. The number of hydrogen-bond acceptors (Lipinski definition) is 12. The van der Waals surface area contributed by atoms with E-state index in [1.165, 1.54) is 0 Å². The Morgan fingerprint density at radius 2 is 1.67 bits per heavy atom. The first kappa shape index (κ1) is 21.3. The molecule has 0 aliphatic rings. The van der Waals surface area contributed by atoms with Crippen LogP contribution in [0.25, 0.3) is 0 Å². The third kappa shape index (κ3) is 6.18. The summed E-state index contributed by atoms with van der Waals surface area (Å²) in [5.74, 6) is -5.50. The van der Waals surface area contributed by atoms with Crippen LogP contribution >= 0.6 is 0 Å². The number of carbonyl (C=O) groups excluding carboxylic acids is 5. The largest absolute Gasteiger partial charge is 0.444 e. The summed E-state index contributed by atoms with van der Waals surface area (Å²) in [7, 11) is 0. The zero-order chi connectivity index (χ0) is 18.9. The monoisotopic (exact) mass is 352 g/mol. The second-order valence-corrected chi connectivity index (χ2v) is 4.43. The Kier molecular flexibility index (Phi) is 8.35. The van der Waals surface area contributed by atoms with Crippen molar-refractivity contribution in [2.45, 2.75) is 45.0 Å². The van der Waals surface area contributed by atoms with Gasteiger partial charge in [-0.2, -0.15) is 0 Å². The molecular weight excluding hydrogens is 336 g/mol. The van der Waals surface area contributed by atoms with Crippen molar-refractivity contribution in [1.82, 2.24) is 0 Å². The highest BCUT2D eigenvalue weighted by atomic mass is 17.2. The standard InChI is InChI=1S/C12H16O12/c1-6(14)10(18)23-24-11(19)12(7(2)15,21-8(3)16)4-9(17)22-20-5-13/h5-7,14-15H,4H2,1-3H3. The third-order valence-electron chi connectivity index (χ3n) is 2.47. The van der Waals surface area contributed by atoms with E-state index in [2.05, 4.69) is 24.3 Å². The van der Waals surface area contributed by atoms with Gasteiger partial charge in [0.05, 0.1) is 0 Å².